The lowest BCUT2D eigenvalue weighted by Crippen LogP contribution is -2.21. The zero-order valence-corrected chi connectivity index (χ0v) is 17.2. The molecule has 1 aliphatic heterocycles. The van der Waals surface area contributed by atoms with Gasteiger partial charge in [-0.15, -0.1) is 0 Å². The fourth-order valence-corrected chi connectivity index (χ4v) is 3.51. The van der Waals surface area contributed by atoms with E-state index < -0.39 is 5.63 Å². The predicted molar refractivity (Wildman–Crippen MR) is 111 cm³/mol. The summed E-state index contributed by atoms with van der Waals surface area (Å²) in [4.78, 5) is 24.0. The number of hydrogen-bond donors (Lipinski definition) is 1. The first-order valence-corrected chi connectivity index (χ1v) is 9.91. The van der Waals surface area contributed by atoms with Crippen LogP contribution in [0.5, 0.6) is 17.2 Å². The van der Waals surface area contributed by atoms with E-state index in [1.807, 2.05) is 13.0 Å². The summed E-state index contributed by atoms with van der Waals surface area (Å²) in [5.74, 6) is 1.30. The maximum atomic E-state index is 12.3. The Morgan fingerprint density at radius 3 is 2.66 bits per heavy atom. The Bertz CT molecular complexity index is 1140. The fourth-order valence-electron chi connectivity index (χ4n) is 3.09. The lowest BCUT2D eigenvalue weighted by atomic mass is 10.1. The van der Waals surface area contributed by atoms with Gasteiger partial charge in [-0.2, -0.15) is 0 Å². The third kappa shape index (κ3) is 4.22. The molecule has 0 aliphatic carbocycles. The van der Waals surface area contributed by atoms with E-state index in [0.717, 1.165) is 17.4 Å². The van der Waals surface area contributed by atoms with Crippen LogP contribution >= 0.6 is 15.9 Å². The number of nitrogens with one attached hydrogen (secondary N) is 1. The summed E-state index contributed by atoms with van der Waals surface area (Å²) in [6.07, 6.45) is 0.717. The van der Waals surface area contributed by atoms with Gasteiger partial charge in [0, 0.05) is 34.1 Å². The molecule has 2 aromatic carbocycles. The number of benzene rings is 2. The largest absolute Gasteiger partial charge is 0.486 e. The van der Waals surface area contributed by atoms with Gasteiger partial charge in [-0.1, -0.05) is 6.92 Å². The highest BCUT2D eigenvalue weighted by Crippen LogP contribution is 2.38. The van der Waals surface area contributed by atoms with Gasteiger partial charge in [0.25, 0.3) is 5.91 Å². The monoisotopic (exact) mass is 459 g/mol. The zero-order chi connectivity index (χ0) is 20.4. The number of halogens is 1. The first kappa shape index (κ1) is 19.3. The second-order valence-corrected chi connectivity index (χ2v) is 7.27. The van der Waals surface area contributed by atoms with E-state index in [1.54, 1.807) is 24.3 Å². The molecule has 8 heteroatoms. The summed E-state index contributed by atoms with van der Waals surface area (Å²) in [5.41, 5.74) is 1.48. The van der Waals surface area contributed by atoms with Crippen LogP contribution in [-0.2, 0) is 11.2 Å². The summed E-state index contributed by atoms with van der Waals surface area (Å²) in [6, 6.07) is 10.1. The van der Waals surface area contributed by atoms with Crippen molar-refractivity contribution in [2.45, 2.75) is 13.3 Å². The van der Waals surface area contributed by atoms with Crippen molar-refractivity contribution in [2.24, 2.45) is 0 Å². The highest BCUT2D eigenvalue weighted by Gasteiger charge is 2.16. The van der Waals surface area contributed by atoms with E-state index in [0.29, 0.717) is 46.2 Å². The molecule has 0 radical (unpaired) electrons. The quantitative estimate of drug-likeness (QED) is 0.582. The minimum Gasteiger partial charge on any atom is -0.486 e. The van der Waals surface area contributed by atoms with Crippen LogP contribution in [0.25, 0.3) is 11.0 Å². The summed E-state index contributed by atoms with van der Waals surface area (Å²) < 4.78 is 22.5. The standard InChI is InChI=1S/C21H18BrNO6/c1-2-12-7-21(25)29-17-8-13(3-4-14(12)17)28-11-20(24)23-16-10-19-18(9-15(16)22)26-5-6-27-19/h3-4,7-10H,2,5-6,11H2,1H3,(H,23,24). The molecule has 7 nitrogen and oxygen atoms in total. The van der Waals surface area contributed by atoms with E-state index in [2.05, 4.69) is 21.2 Å². The molecule has 3 aromatic rings. The Morgan fingerprint density at radius 1 is 1.14 bits per heavy atom. The normalized spacial score (nSPS) is 12.6. The Labute approximate surface area is 174 Å². The van der Waals surface area contributed by atoms with Gasteiger partial charge < -0.3 is 23.9 Å². The van der Waals surface area contributed by atoms with Crippen LogP contribution in [0.15, 0.2) is 50.1 Å². The van der Waals surface area contributed by atoms with Crippen LogP contribution in [0, 0.1) is 0 Å². The van der Waals surface area contributed by atoms with Crippen molar-refractivity contribution in [2.75, 3.05) is 25.1 Å². The summed E-state index contributed by atoms with van der Waals surface area (Å²) in [5, 5.41) is 3.63. The Hall–Kier alpha value is -3.00. The van der Waals surface area contributed by atoms with Gasteiger partial charge in [0.1, 0.15) is 24.5 Å². The number of ether oxygens (including phenoxy) is 3. The Balaban J connectivity index is 1.45. The van der Waals surface area contributed by atoms with Crippen LogP contribution in [-0.4, -0.2) is 25.7 Å². The molecule has 0 saturated carbocycles. The number of rotatable bonds is 5. The number of fused-ring (bicyclic) bond motifs is 2. The summed E-state index contributed by atoms with van der Waals surface area (Å²) >= 11 is 3.41. The van der Waals surface area contributed by atoms with E-state index in [-0.39, 0.29) is 12.5 Å². The number of anilines is 1. The molecule has 150 valence electrons. The highest BCUT2D eigenvalue weighted by molar-refractivity contribution is 9.10. The molecule has 1 aliphatic rings. The minimum absolute atomic E-state index is 0.204. The molecule has 1 amide bonds. The third-order valence-electron chi connectivity index (χ3n) is 4.46. The van der Waals surface area contributed by atoms with Gasteiger partial charge in [-0.25, -0.2) is 4.79 Å². The maximum Gasteiger partial charge on any atom is 0.336 e. The van der Waals surface area contributed by atoms with E-state index >= 15 is 0 Å². The summed E-state index contributed by atoms with van der Waals surface area (Å²) in [6.45, 7) is 2.72. The number of carbonyl (C=O) groups is 1. The van der Waals surface area contributed by atoms with Crippen LogP contribution in [0.3, 0.4) is 0 Å². The molecule has 0 bridgehead atoms. The number of amides is 1. The fraction of sp³-hybridized carbons (Fsp3) is 0.238. The molecular weight excluding hydrogens is 442 g/mol. The van der Waals surface area contributed by atoms with Gasteiger partial charge in [0.05, 0.1) is 5.69 Å². The smallest absolute Gasteiger partial charge is 0.336 e. The third-order valence-corrected chi connectivity index (χ3v) is 5.11. The lowest BCUT2D eigenvalue weighted by molar-refractivity contribution is -0.118. The van der Waals surface area contributed by atoms with Crippen LogP contribution in [0.1, 0.15) is 12.5 Å². The van der Waals surface area contributed by atoms with Crippen molar-refractivity contribution in [1.29, 1.82) is 0 Å². The first-order chi connectivity index (χ1) is 14.0. The van der Waals surface area contributed by atoms with E-state index in [1.165, 1.54) is 6.07 Å². The van der Waals surface area contributed by atoms with Crippen molar-refractivity contribution in [3.05, 3.63) is 56.9 Å². The van der Waals surface area contributed by atoms with Crippen molar-refractivity contribution in [3.63, 3.8) is 0 Å². The van der Waals surface area contributed by atoms with Gasteiger partial charge >= 0.3 is 5.63 Å². The number of hydrogen-bond acceptors (Lipinski definition) is 6. The van der Waals surface area contributed by atoms with Crippen LogP contribution < -0.4 is 25.2 Å². The number of aryl methyl sites for hydroxylation is 1. The van der Waals surface area contributed by atoms with Crippen molar-refractivity contribution in [1.82, 2.24) is 0 Å². The topological polar surface area (TPSA) is 87.0 Å². The van der Waals surface area contributed by atoms with Crippen LogP contribution in [0.4, 0.5) is 5.69 Å². The highest BCUT2D eigenvalue weighted by atomic mass is 79.9. The minimum atomic E-state index is -0.410. The van der Waals surface area contributed by atoms with Crippen molar-refractivity contribution >= 4 is 38.5 Å². The molecule has 0 unspecified atom stereocenters. The Kier molecular flexibility index (Phi) is 5.44. The molecule has 1 aromatic heterocycles. The molecule has 0 fully saturated rings. The van der Waals surface area contributed by atoms with Crippen LogP contribution in [0.2, 0.25) is 0 Å². The van der Waals surface area contributed by atoms with Gasteiger partial charge in [-0.3, -0.25) is 4.79 Å². The SMILES string of the molecule is CCc1cc(=O)oc2cc(OCC(=O)Nc3cc4c(cc3Br)OCCO4)ccc12. The molecule has 0 saturated heterocycles. The molecule has 1 N–H and O–H groups in total. The number of carbonyl (C=O) groups excluding carboxylic acids is 1. The van der Waals surface area contributed by atoms with Crippen molar-refractivity contribution in [3.8, 4) is 17.2 Å². The lowest BCUT2D eigenvalue weighted by Gasteiger charge is -2.20. The van der Waals surface area contributed by atoms with E-state index in [9.17, 15) is 9.59 Å². The van der Waals surface area contributed by atoms with E-state index in [4.69, 9.17) is 18.6 Å². The molecule has 0 spiro atoms. The maximum absolute atomic E-state index is 12.3. The van der Waals surface area contributed by atoms with Gasteiger partial charge in [0.15, 0.2) is 18.1 Å². The predicted octanol–water partition coefficient (Wildman–Crippen LogP) is 3.91. The molecule has 29 heavy (non-hydrogen) atoms. The average Bonchev–Trinajstić information content (AvgIpc) is 2.71. The second kappa shape index (κ2) is 8.16. The molecule has 0 atom stereocenters. The molecule has 4 rings (SSSR count). The van der Waals surface area contributed by atoms with Gasteiger partial charge in [-0.05, 0) is 40.0 Å². The second-order valence-electron chi connectivity index (χ2n) is 6.41. The zero-order valence-electron chi connectivity index (χ0n) is 15.6. The average molecular weight is 460 g/mol. The molecular formula is C21H18BrNO6. The summed E-state index contributed by atoms with van der Waals surface area (Å²) in [7, 11) is 0. The molecule has 2 heterocycles. The Morgan fingerprint density at radius 2 is 1.90 bits per heavy atom. The first-order valence-electron chi connectivity index (χ1n) is 9.12. The van der Waals surface area contributed by atoms with Crippen molar-refractivity contribution < 1.29 is 23.4 Å². The van der Waals surface area contributed by atoms with Gasteiger partial charge in [0.2, 0.25) is 0 Å².